The third-order valence-corrected chi connectivity index (χ3v) is 8.56. The van der Waals surface area contributed by atoms with Crippen molar-refractivity contribution in [1.82, 2.24) is 0 Å². The second-order valence-electron chi connectivity index (χ2n) is 13.0. The number of carbonyl (C=O) groups is 4. The van der Waals surface area contributed by atoms with Crippen molar-refractivity contribution in [1.29, 1.82) is 0 Å². The maximum atomic E-state index is 12.0. The van der Waals surface area contributed by atoms with Gasteiger partial charge in [-0.25, -0.2) is 4.79 Å². The summed E-state index contributed by atoms with van der Waals surface area (Å²) in [7, 11) is 0. The molecule has 2 atom stereocenters. The molecule has 8 nitrogen and oxygen atoms in total. The Balaban J connectivity index is 0. The minimum absolute atomic E-state index is 0.0250. The third kappa shape index (κ3) is 24.5. The maximum absolute atomic E-state index is 12.0. The Bertz CT molecular complexity index is 742. The number of rotatable bonds is 30. The van der Waals surface area contributed by atoms with Crippen molar-refractivity contribution >= 4 is 23.5 Å². The number of hydrogen-bond donors (Lipinski definition) is 4. The average Bonchev–Trinajstić information content (AvgIpc) is 2.98. The van der Waals surface area contributed by atoms with E-state index in [4.69, 9.17) is 16.6 Å². The highest BCUT2D eigenvalue weighted by Gasteiger charge is 2.44. The molecule has 260 valence electrons. The van der Waals surface area contributed by atoms with Crippen molar-refractivity contribution in [3.05, 3.63) is 0 Å². The van der Waals surface area contributed by atoms with Crippen LogP contribution in [0, 0.1) is 5.92 Å². The van der Waals surface area contributed by atoms with Crippen LogP contribution in [-0.2, 0) is 19.2 Å². The molecule has 0 amide bonds. The number of Topliss-reactive ketones (excluding diaryl/α,β-unsaturated/α-hetero) is 2. The molecule has 8 heteroatoms. The second kappa shape index (κ2) is 29.9. The molecule has 0 aromatic heterocycles. The summed E-state index contributed by atoms with van der Waals surface area (Å²) in [5, 5.41) is 17.8. The molecule has 2 unspecified atom stereocenters. The van der Waals surface area contributed by atoms with E-state index in [1.807, 2.05) is 0 Å². The van der Waals surface area contributed by atoms with Crippen molar-refractivity contribution < 1.29 is 29.4 Å². The lowest BCUT2D eigenvalue weighted by Gasteiger charge is -2.27. The van der Waals surface area contributed by atoms with Gasteiger partial charge in [-0.1, -0.05) is 156 Å². The highest BCUT2D eigenvalue weighted by Crippen LogP contribution is 2.20. The van der Waals surface area contributed by atoms with Gasteiger partial charge >= 0.3 is 11.9 Å². The lowest BCUT2D eigenvalue weighted by molar-refractivity contribution is -0.150. The van der Waals surface area contributed by atoms with E-state index >= 15 is 0 Å². The fraction of sp³-hybridized carbons (Fsp3) is 0.889. The van der Waals surface area contributed by atoms with Crippen LogP contribution < -0.4 is 11.5 Å². The summed E-state index contributed by atoms with van der Waals surface area (Å²) >= 11 is 0. The van der Waals surface area contributed by atoms with Crippen LogP contribution in [0.15, 0.2) is 0 Å². The van der Waals surface area contributed by atoms with Gasteiger partial charge in [-0.2, -0.15) is 0 Å². The first kappa shape index (κ1) is 44.3. The molecule has 0 saturated carbocycles. The van der Waals surface area contributed by atoms with E-state index in [0.29, 0.717) is 6.42 Å². The smallest absolute Gasteiger partial charge is 0.331 e. The van der Waals surface area contributed by atoms with Crippen LogP contribution in [0.2, 0.25) is 0 Å². The van der Waals surface area contributed by atoms with Crippen LogP contribution in [0.4, 0.5) is 0 Å². The zero-order valence-electron chi connectivity index (χ0n) is 29.0. The minimum Gasteiger partial charge on any atom is -0.480 e. The zero-order valence-corrected chi connectivity index (χ0v) is 29.0. The van der Waals surface area contributed by atoms with E-state index in [0.717, 1.165) is 32.1 Å². The molecule has 6 N–H and O–H groups in total. The Morgan fingerprint density at radius 2 is 0.886 bits per heavy atom. The first-order chi connectivity index (χ1) is 20.9. The quantitative estimate of drug-likeness (QED) is 0.0454. The van der Waals surface area contributed by atoms with Crippen molar-refractivity contribution in [2.75, 3.05) is 0 Å². The SMILES string of the molecule is CCCCCCCCCCCC(=O)C(N)(C(=O)O)C(C)C.CCCCCCCCCCCCCCCC(=O)CC(N)C(=O)O. The van der Waals surface area contributed by atoms with Crippen molar-refractivity contribution in [2.45, 2.75) is 200 Å². The highest BCUT2D eigenvalue weighted by atomic mass is 16.4. The molecule has 0 heterocycles. The maximum Gasteiger partial charge on any atom is 0.331 e. The highest BCUT2D eigenvalue weighted by molar-refractivity contribution is 6.07. The molecule has 0 aromatic rings. The molecule has 0 aliphatic rings. The number of carboxylic acids is 2. The van der Waals surface area contributed by atoms with Gasteiger partial charge in [0.15, 0.2) is 11.3 Å². The average molecular weight is 627 g/mol. The summed E-state index contributed by atoms with van der Waals surface area (Å²) < 4.78 is 0. The van der Waals surface area contributed by atoms with Gasteiger partial charge in [-0.3, -0.25) is 14.4 Å². The summed E-state index contributed by atoms with van der Waals surface area (Å²) in [4.78, 5) is 45.3. The van der Waals surface area contributed by atoms with E-state index in [-0.39, 0.29) is 30.3 Å². The Labute approximate surface area is 269 Å². The minimum atomic E-state index is -1.72. The van der Waals surface area contributed by atoms with Crippen LogP contribution in [0.1, 0.15) is 188 Å². The molecule has 0 saturated heterocycles. The lowest BCUT2D eigenvalue weighted by atomic mass is 9.81. The summed E-state index contributed by atoms with van der Waals surface area (Å²) in [5.74, 6) is -3.06. The van der Waals surface area contributed by atoms with Gasteiger partial charge in [0.05, 0.1) is 0 Å². The molecule has 0 radical (unpaired) electrons. The number of hydrogen-bond acceptors (Lipinski definition) is 6. The van der Waals surface area contributed by atoms with E-state index in [2.05, 4.69) is 13.8 Å². The number of ketones is 2. The molecular formula is C36H70N2O6. The Morgan fingerprint density at radius 3 is 1.18 bits per heavy atom. The van der Waals surface area contributed by atoms with Gasteiger partial charge in [0.2, 0.25) is 0 Å². The van der Waals surface area contributed by atoms with Gasteiger partial charge in [0, 0.05) is 19.3 Å². The summed E-state index contributed by atoms with van der Waals surface area (Å²) in [5.41, 5.74) is 9.41. The van der Waals surface area contributed by atoms with Crippen molar-refractivity contribution in [3.63, 3.8) is 0 Å². The predicted molar refractivity (Wildman–Crippen MR) is 182 cm³/mol. The van der Waals surface area contributed by atoms with E-state index in [1.54, 1.807) is 13.8 Å². The number of unbranched alkanes of at least 4 members (excludes halogenated alkanes) is 20. The lowest BCUT2D eigenvalue weighted by Crippen LogP contribution is -2.58. The first-order valence-electron chi connectivity index (χ1n) is 18.0. The predicted octanol–water partition coefficient (Wildman–Crippen LogP) is 8.75. The van der Waals surface area contributed by atoms with Gasteiger partial charge in [-0.15, -0.1) is 0 Å². The standard InChI is InChI=1S/C19H37NO3.C17H33NO3/c1-2-3-4-5-6-7-8-9-10-11-12-13-14-15-17(21)16-18(20)19(22)23;1-4-5-6-7-8-9-10-11-12-13-15(19)17(18,14(2)3)16(20)21/h18H,2-16,20H2,1H3,(H,22,23);14H,4-13,18H2,1-3H3,(H,20,21). The van der Waals surface area contributed by atoms with Gasteiger partial charge in [0.1, 0.15) is 11.8 Å². The molecule has 0 spiro atoms. The fourth-order valence-corrected chi connectivity index (χ4v) is 5.27. The molecule has 0 aromatic carbocycles. The molecule has 44 heavy (non-hydrogen) atoms. The summed E-state index contributed by atoms with van der Waals surface area (Å²) in [6.07, 6.45) is 27.8. The van der Waals surface area contributed by atoms with Crippen LogP contribution in [0.25, 0.3) is 0 Å². The third-order valence-electron chi connectivity index (χ3n) is 8.56. The summed E-state index contributed by atoms with van der Waals surface area (Å²) in [6, 6.07) is -1.04. The molecule has 0 aliphatic carbocycles. The topological polar surface area (TPSA) is 161 Å². The Kier molecular flexibility index (Phi) is 30.1. The molecule has 0 bridgehead atoms. The van der Waals surface area contributed by atoms with Crippen LogP contribution in [-0.4, -0.2) is 45.3 Å². The van der Waals surface area contributed by atoms with Crippen molar-refractivity contribution in [2.24, 2.45) is 17.4 Å². The monoisotopic (exact) mass is 627 g/mol. The fourth-order valence-electron chi connectivity index (χ4n) is 5.27. The largest absolute Gasteiger partial charge is 0.480 e. The molecule has 0 fully saturated rings. The zero-order chi connectivity index (χ0) is 33.6. The van der Waals surface area contributed by atoms with Crippen LogP contribution in [0.5, 0.6) is 0 Å². The van der Waals surface area contributed by atoms with E-state index in [1.165, 1.54) is 109 Å². The molecule has 0 rings (SSSR count). The van der Waals surface area contributed by atoms with Crippen LogP contribution in [0.3, 0.4) is 0 Å². The van der Waals surface area contributed by atoms with Crippen LogP contribution >= 0.6 is 0 Å². The second-order valence-corrected chi connectivity index (χ2v) is 13.0. The van der Waals surface area contributed by atoms with Crippen molar-refractivity contribution in [3.8, 4) is 0 Å². The molecular weight excluding hydrogens is 556 g/mol. The van der Waals surface area contributed by atoms with E-state index < -0.39 is 23.5 Å². The number of nitrogens with two attached hydrogens (primary N) is 2. The van der Waals surface area contributed by atoms with Gasteiger partial charge < -0.3 is 21.7 Å². The Morgan fingerprint density at radius 1 is 0.568 bits per heavy atom. The Hall–Kier alpha value is -1.80. The first-order valence-corrected chi connectivity index (χ1v) is 18.0. The number of aliphatic carboxylic acids is 2. The van der Waals surface area contributed by atoms with Gasteiger partial charge in [-0.05, 0) is 18.8 Å². The summed E-state index contributed by atoms with van der Waals surface area (Å²) in [6.45, 7) is 7.83. The normalized spacial score (nSPS) is 13.2. The number of carbonyl (C=O) groups excluding carboxylic acids is 2. The number of carboxylic acid groups (broad SMARTS) is 2. The van der Waals surface area contributed by atoms with E-state index in [9.17, 15) is 24.3 Å². The molecule has 0 aliphatic heterocycles. The van der Waals surface area contributed by atoms with Gasteiger partial charge in [0.25, 0.3) is 0 Å².